The van der Waals surface area contributed by atoms with Crippen LogP contribution in [0.3, 0.4) is 0 Å². The maximum atomic E-state index is 13.1. The highest BCUT2D eigenvalue weighted by atomic mass is 19.4. The third kappa shape index (κ3) is 6.32. The lowest BCUT2D eigenvalue weighted by atomic mass is 9.80. The number of aryl methyl sites for hydroxylation is 2. The number of rotatable bonds is 6. The molecule has 224 valence electrons. The molecule has 1 aliphatic rings. The van der Waals surface area contributed by atoms with Crippen molar-refractivity contribution in [2.45, 2.75) is 26.9 Å². The average Bonchev–Trinajstić information content (AvgIpc) is 3.04. The van der Waals surface area contributed by atoms with Crippen LogP contribution in [-0.2, 0) is 6.18 Å². The van der Waals surface area contributed by atoms with Crippen LogP contribution in [0.5, 0.6) is 0 Å². The Balaban J connectivity index is 1.18. The van der Waals surface area contributed by atoms with E-state index >= 15 is 0 Å². The Kier molecular flexibility index (Phi) is 8.16. The molecule has 0 saturated heterocycles. The van der Waals surface area contributed by atoms with Crippen LogP contribution in [0.25, 0.3) is 39.0 Å². The van der Waals surface area contributed by atoms with Crippen molar-refractivity contribution in [1.82, 2.24) is 0 Å². The van der Waals surface area contributed by atoms with Crippen molar-refractivity contribution >= 4 is 11.4 Å². The topological polar surface area (TPSA) is 17.1 Å². The molecule has 5 aromatic rings. The van der Waals surface area contributed by atoms with Crippen LogP contribution in [0.1, 0.15) is 39.5 Å². The molecule has 1 nitrogen and oxygen atoms in total. The molecule has 5 aromatic carbocycles. The van der Waals surface area contributed by atoms with Crippen molar-refractivity contribution in [1.29, 1.82) is 0 Å². The lowest BCUT2D eigenvalue weighted by Gasteiger charge is -2.23. The lowest BCUT2D eigenvalue weighted by Crippen LogP contribution is -2.21. The van der Waals surface area contributed by atoms with E-state index in [2.05, 4.69) is 69.3 Å². The highest BCUT2D eigenvalue weighted by Crippen LogP contribution is 2.36. The second kappa shape index (κ2) is 12.2. The molecular formula is C41H33F3O. The summed E-state index contributed by atoms with van der Waals surface area (Å²) in [7, 11) is 0. The van der Waals surface area contributed by atoms with Gasteiger partial charge in [0.1, 0.15) is 0 Å². The number of Topliss-reactive ketones (excluding diaryl/α,β-unsaturated/α-hetero) is 1. The second-order valence-electron chi connectivity index (χ2n) is 11.8. The van der Waals surface area contributed by atoms with Gasteiger partial charge in [-0.25, -0.2) is 0 Å². The molecule has 45 heavy (non-hydrogen) atoms. The van der Waals surface area contributed by atoms with E-state index in [0.29, 0.717) is 0 Å². The van der Waals surface area contributed by atoms with Gasteiger partial charge in [-0.1, -0.05) is 128 Å². The standard InChI is InChI=1S/C41H33F3O/c1-26-23-33(15-20-37(26)31-11-9-29(10-12-31)30-13-18-36(19-14-30)41(42,43)44)34-16-21-38(27(2)24-34)35-17-22-39(28(3)25-35)40(45)32-7-5-4-6-8-32/h4-25,28,39H,1-3H3. The minimum Gasteiger partial charge on any atom is -0.293 e. The zero-order valence-corrected chi connectivity index (χ0v) is 25.4. The van der Waals surface area contributed by atoms with Gasteiger partial charge in [0.15, 0.2) is 5.78 Å². The predicted octanol–water partition coefficient (Wildman–Crippen LogP) is 11.4. The number of benzene rings is 5. The normalized spacial score (nSPS) is 16.4. The van der Waals surface area contributed by atoms with Crippen LogP contribution in [0.15, 0.2) is 133 Å². The minimum absolute atomic E-state index is 0.0935. The van der Waals surface area contributed by atoms with E-state index in [1.54, 1.807) is 0 Å². The molecule has 0 N–H and O–H groups in total. The Morgan fingerprint density at radius 2 is 1.13 bits per heavy atom. The summed E-state index contributed by atoms with van der Waals surface area (Å²) >= 11 is 0. The smallest absolute Gasteiger partial charge is 0.293 e. The summed E-state index contributed by atoms with van der Waals surface area (Å²) in [6, 6.07) is 35.6. The summed E-state index contributed by atoms with van der Waals surface area (Å²) in [5, 5.41) is 0. The Morgan fingerprint density at radius 3 is 1.67 bits per heavy atom. The highest BCUT2D eigenvalue weighted by molar-refractivity contribution is 6.00. The largest absolute Gasteiger partial charge is 0.416 e. The number of allylic oxidation sites excluding steroid dienone is 4. The Labute approximate surface area is 262 Å². The zero-order chi connectivity index (χ0) is 31.7. The van der Waals surface area contributed by atoms with Gasteiger partial charge in [0, 0.05) is 11.5 Å². The molecule has 6 rings (SSSR count). The van der Waals surface area contributed by atoms with Crippen LogP contribution >= 0.6 is 0 Å². The first-order valence-electron chi connectivity index (χ1n) is 15.1. The molecule has 0 heterocycles. The molecule has 4 heteroatoms. The quantitative estimate of drug-likeness (QED) is 0.178. The molecule has 0 radical (unpaired) electrons. The Bertz CT molecular complexity index is 1910. The molecule has 0 spiro atoms. The van der Waals surface area contributed by atoms with Crippen molar-refractivity contribution in [3.63, 3.8) is 0 Å². The summed E-state index contributed by atoms with van der Waals surface area (Å²) in [4.78, 5) is 13.1. The number of hydrogen-bond acceptors (Lipinski definition) is 1. The van der Waals surface area contributed by atoms with Crippen LogP contribution in [0.4, 0.5) is 13.2 Å². The van der Waals surface area contributed by atoms with Gasteiger partial charge in [-0.3, -0.25) is 4.79 Å². The van der Waals surface area contributed by atoms with Gasteiger partial charge in [-0.2, -0.15) is 13.2 Å². The molecular weight excluding hydrogens is 565 g/mol. The van der Waals surface area contributed by atoms with Crippen molar-refractivity contribution in [2.24, 2.45) is 11.8 Å². The van der Waals surface area contributed by atoms with E-state index < -0.39 is 11.7 Å². The summed E-state index contributed by atoms with van der Waals surface area (Å²) in [5.41, 5.74) is 10.7. The van der Waals surface area contributed by atoms with Gasteiger partial charge in [-0.05, 0) is 87.5 Å². The van der Waals surface area contributed by atoms with Crippen LogP contribution in [-0.4, -0.2) is 5.78 Å². The Morgan fingerprint density at radius 1 is 0.622 bits per heavy atom. The van der Waals surface area contributed by atoms with Gasteiger partial charge in [0.05, 0.1) is 5.56 Å². The fraction of sp³-hybridized carbons (Fsp3) is 0.146. The van der Waals surface area contributed by atoms with Crippen LogP contribution in [0.2, 0.25) is 0 Å². The van der Waals surface area contributed by atoms with Gasteiger partial charge in [0.2, 0.25) is 0 Å². The van der Waals surface area contributed by atoms with Gasteiger partial charge < -0.3 is 0 Å². The summed E-state index contributed by atoms with van der Waals surface area (Å²) in [5.74, 6) is 0.0739. The first-order chi connectivity index (χ1) is 21.6. The van der Waals surface area contributed by atoms with Crippen LogP contribution < -0.4 is 0 Å². The second-order valence-corrected chi connectivity index (χ2v) is 11.8. The molecule has 0 bridgehead atoms. The third-order valence-electron chi connectivity index (χ3n) is 8.69. The van der Waals surface area contributed by atoms with E-state index in [0.717, 1.165) is 67.8 Å². The average molecular weight is 599 g/mol. The monoisotopic (exact) mass is 598 g/mol. The van der Waals surface area contributed by atoms with Crippen molar-refractivity contribution < 1.29 is 18.0 Å². The molecule has 0 aliphatic heterocycles. The maximum Gasteiger partial charge on any atom is 0.416 e. The van der Waals surface area contributed by atoms with Crippen molar-refractivity contribution in [2.75, 3.05) is 0 Å². The summed E-state index contributed by atoms with van der Waals surface area (Å²) < 4.78 is 38.8. The van der Waals surface area contributed by atoms with Crippen LogP contribution in [0, 0.1) is 25.7 Å². The van der Waals surface area contributed by atoms with E-state index in [1.807, 2.05) is 60.7 Å². The number of carbonyl (C=O) groups is 1. The maximum absolute atomic E-state index is 13.1. The number of alkyl halides is 3. The molecule has 2 unspecified atom stereocenters. The lowest BCUT2D eigenvalue weighted by molar-refractivity contribution is -0.137. The van der Waals surface area contributed by atoms with Crippen molar-refractivity contribution in [3.05, 3.63) is 161 Å². The predicted molar refractivity (Wildman–Crippen MR) is 178 cm³/mol. The number of carbonyl (C=O) groups excluding carboxylic acids is 1. The SMILES string of the molecule is Cc1cc(-c2ccc(-c3ccc(-c4ccc(C(F)(F)F)cc4)cc3)c(C)c2)ccc1C1=CC(C)C(C(=O)c2ccccc2)C=C1. The fourth-order valence-corrected chi connectivity index (χ4v) is 6.15. The number of ketones is 1. The molecule has 1 aliphatic carbocycles. The fourth-order valence-electron chi connectivity index (χ4n) is 6.15. The molecule has 2 atom stereocenters. The van der Waals surface area contributed by atoms with Gasteiger partial charge >= 0.3 is 6.18 Å². The van der Waals surface area contributed by atoms with E-state index in [4.69, 9.17) is 0 Å². The molecule has 0 fully saturated rings. The van der Waals surface area contributed by atoms with E-state index in [1.165, 1.54) is 17.7 Å². The first kappa shape index (κ1) is 30.1. The molecule has 0 saturated carbocycles. The van der Waals surface area contributed by atoms with Gasteiger partial charge in [0.25, 0.3) is 0 Å². The number of hydrogen-bond donors (Lipinski definition) is 0. The zero-order valence-electron chi connectivity index (χ0n) is 25.4. The molecule has 0 amide bonds. The van der Waals surface area contributed by atoms with Gasteiger partial charge in [-0.15, -0.1) is 0 Å². The van der Waals surface area contributed by atoms with Crippen molar-refractivity contribution in [3.8, 4) is 33.4 Å². The first-order valence-corrected chi connectivity index (χ1v) is 15.1. The summed E-state index contributed by atoms with van der Waals surface area (Å²) in [6.07, 6.45) is 1.98. The number of halogens is 3. The molecule has 0 aromatic heterocycles. The third-order valence-corrected chi connectivity index (χ3v) is 8.69. The minimum atomic E-state index is -4.34. The Hall–Kier alpha value is -4.96. The van der Waals surface area contributed by atoms with E-state index in [9.17, 15) is 18.0 Å². The summed E-state index contributed by atoms with van der Waals surface area (Å²) in [6.45, 7) is 6.32. The van der Waals surface area contributed by atoms with E-state index in [-0.39, 0.29) is 17.6 Å². The highest BCUT2D eigenvalue weighted by Gasteiger charge is 2.30.